The van der Waals surface area contributed by atoms with E-state index in [4.69, 9.17) is 10.9 Å². The van der Waals surface area contributed by atoms with Crippen molar-refractivity contribution in [3.05, 3.63) is 0 Å². The number of nitrogens with two attached hydrogens (primary N) is 1. The minimum Gasteiger partial charge on any atom is -0.409 e. The van der Waals surface area contributed by atoms with Crippen LogP contribution in [0.3, 0.4) is 0 Å². The van der Waals surface area contributed by atoms with E-state index in [0.29, 0.717) is 24.2 Å². The van der Waals surface area contributed by atoms with Crippen LogP contribution in [0.25, 0.3) is 0 Å². The molecule has 4 heteroatoms. The van der Waals surface area contributed by atoms with E-state index >= 15 is 0 Å². The van der Waals surface area contributed by atoms with E-state index in [0.717, 1.165) is 19.0 Å². The van der Waals surface area contributed by atoms with Crippen molar-refractivity contribution in [1.82, 2.24) is 4.90 Å². The predicted molar refractivity (Wildman–Crippen MR) is 80.5 cm³/mol. The van der Waals surface area contributed by atoms with E-state index in [2.05, 4.69) is 30.8 Å². The number of hydrogen-bond acceptors (Lipinski definition) is 3. The van der Waals surface area contributed by atoms with Gasteiger partial charge >= 0.3 is 0 Å². The normalized spacial score (nSPS) is 25.2. The Labute approximate surface area is 118 Å². The van der Waals surface area contributed by atoms with Gasteiger partial charge in [0.25, 0.3) is 0 Å². The van der Waals surface area contributed by atoms with Crippen molar-refractivity contribution >= 4 is 5.84 Å². The number of oxime groups is 1. The zero-order valence-corrected chi connectivity index (χ0v) is 12.8. The van der Waals surface area contributed by atoms with Crippen molar-refractivity contribution in [3.63, 3.8) is 0 Å². The van der Waals surface area contributed by atoms with Gasteiger partial charge in [0.2, 0.25) is 0 Å². The second-order valence-electron chi connectivity index (χ2n) is 6.32. The lowest BCUT2D eigenvalue weighted by Crippen LogP contribution is -2.42. The maximum absolute atomic E-state index is 8.66. The minimum absolute atomic E-state index is 0.344. The highest BCUT2D eigenvalue weighted by atomic mass is 16.4. The molecule has 0 saturated heterocycles. The summed E-state index contributed by atoms with van der Waals surface area (Å²) in [5, 5.41) is 11.7. The maximum atomic E-state index is 8.66. The molecule has 0 spiro atoms. The van der Waals surface area contributed by atoms with Crippen molar-refractivity contribution in [1.29, 1.82) is 0 Å². The number of nitrogens with zero attached hydrogens (tertiary/aromatic N) is 2. The molecule has 2 unspecified atom stereocenters. The van der Waals surface area contributed by atoms with Gasteiger partial charge in [0.05, 0.1) is 0 Å². The van der Waals surface area contributed by atoms with Gasteiger partial charge in [0.15, 0.2) is 0 Å². The van der Waals surface area contributed by atoms with E-state index in [-0.39, 0.29) is 0 Å². The van der Waals surface area contributed by atoms with Crippen molar-refractivity contribution < 1.29 is 5.21 Å². The summed E-state index contributed by atoms with van der Waals surface area (Å²) in [6.45, 7) is 8.85. The fraction of sp³-hybridized carbons (Fsp3) is 0.933. The maximum Gasteiger partial charge on any atom is 0.140 e. The standard InChI is InChI=1S/C15H31N3O/c1-4-13-6-5-7-14(10-13)18(11-12(2)3)9-8-15(16)17-19/h12-14,19H,4-11H2,1-3H3,(H2,16,17). The van der Waals surface area contributed by atoms with Crippen molar-refractivity contribution in [3.8, 4) is 0 Å². The first kappa shape index (κ1) is 16.3. The largest absolute Gasteiger partial charge is 0.409 e. The third-order valence-corrected chi connectivity index (χ3v) is 4.23. The molecule has 1 aliphatic rings. The molecule has 1 fully saturated rings. The van der Waals surface area contributed by atoms with E-state index in [9.17, 15) is 0 Å². The Balaban J connectivity index is 2.56. The van der Waals surface area contributed by atoms with Gasteiger partial charge in [-0.25, -0.2) is 0 Å². The van der Waals surface area contributed by atoms with Crippen LogP contribution in [0, 0.1) is 11.8 Å². The van der Waals surface area contributed by atoms with Crippen molar-refractivity contribution in [2.45, 2.75) is 65.3 Å². The van der Waals surface area contributed by atoms with Crippen LogP contribution in [0.15, 0.2) is 5.16 Å². The van der Waals surface area contributed by atoms with E-state index in [1.165, 1.54) is 32.1 Å². The molecular weight excluding hydrogens is 238 g/mol. The summed E-state index contributed by atoms with van der Waals surface area (Å²) in [6, 6.07) is 0.688. The van der Waals surface area contributed by atoms with Crippen LogP contribution in [0.4, 0.5) is 0 Å². The molecule has 0 radical (unpaired) electrons. The predicted octanol–water partition coefficient (Wildman–Crippen LogP) is 3.05. The second kappa shape index (κ2) is 8.41. The Bertz CT molecular complexity index is 279. The third-order valence-electron chi connectivity index (χ3n) is 4.23. The van der Waals surface area contributed by atoms with E-state index in [1.807, 2.05) is 0 Å². The zero-order valence-electron chi connectivity index (χ0n) is 12.8. The summed E-state index contributed by atoms with van der Waals surface area (Å²) in [4.78, 5) is 2.56. The summed E-state index contributed by atoms with van der Waals surface area (Å²) in [7, 11) is 0. The van der Waals surface area contributed by atoms with Gasteiger partial charge in [-0.15, -0.1) is 0 Å². The van der Waals surface area contributed by atoms with Crippen molar-refractivity contribution in [2.75, 3.05) is 13.1 Å². The zero-order chi connectivity index (χ0) is 14.3. The minimum atomic E-state index is 0.344. The topological polar surface area (TPSA) is 61.8 Å². The molecule has 0 heterocycles. The molecule has 0 bridgehead atoms. The molecule has 0 aromatic rings. The first-order chi connectivity index (χ1) is 9.06. The summed E-state index contributed by atoms with van der Waals surface area (Å²) in [6.07, 6.45) is 7.33. The highest BCUT2D eigenvalue weighted by Gasteiger charge is 2.26. The van der Waals surface area contributed by atoms with Gasteiger partial charge in [0.1, 0.15) is 5.84 Å². The van der Waals surface area contributed by atoms with Crippen LogP contribution in [-0.4, -0.2) is 35.1 Å². The Morgan fingerprint density at radius 1 is 1.42 bits per heavy atom. The molecule has 0 aromatic carbocycles. The lowest BCUT2D eigenvalue weighted by molar-refractivity contribution is 0.118. The molecule has 19 heavy (non-hydrogen) atoms. The summed E-state index contributed by atoms with van der Waals surface area (Å²) in [5.41, 5.74) is 5.61. The van der Waals surface area contributed by atoms with Crippen LogP contribution in [0.2, 0.25) is 0 Å². The summed E-state index contributed by atoms with van der Waals surface area (Å²) in [5.74, 6) is 1.89. The molecular formula is C15H31N3O. The Morgan fingerprint density at radius 3 is 2.74 bits per heavy atom. The van der Waals surface area contributed by atoms with Gasteiger partial charge < -0.3 is 10.9 Å². The van der Waals surface area contributed by atoms with Gasteiger partial charge in [-0.3, -0.25) is 4.90 Å². The van der Waals surface area contributed by atoms with Crippen LogP contribution in [0.5, 0.6) is 0 Å². The highest BCUT2D eigenvalue weighted by Crippen LogP contribution is 2.30. The lowest BCUT2D eigenvalue weighted by Gasteiger charge is -2.38. The Hall–Kier alpha value is -0.770. The quantitative estimate of drug-likeness (QED) is 0.323. The molecule has 0 amide bonds. The lowest BCUT2D eigenvalue weighted by atomic mass is 9.83. The van der Waals surface area contributed by atoms with Gasteiger partial charge in [0, 0.05) is 25.6 Å². The fourth-order valence-electron chi connectivity index (χ4n) is 3.17. The van der Waals surface area contributed by atoms with E-state index in [1.54, 1.807) is 0 Å². The fourth-order valence-corrected chi connectivity index (χ4v) is 3.17. The molecule has 112 valence electrons. The Kier molecular flexibility index (Phi) is 7.21. The first-order valence-corrected chi connectivity index (χ1v) is 7.77. The summed E-state index contributed by atoms with van der Waals surface area (Å²) >= 11 is 0. The van der Waals surface area contributed by atoms with Crippen LogP contribution < -0.4 is 5.73 Å². The van der Waals surface area contributed by atoms with Gasteiger partial charge in [-0.1, -0.05) is 45.2 Å². The monoisotopic (exact) mass is 269 g/mol. The molecule has 1 saturated carbocycles. The SMILES string of the molecule is CCC1CCCC(N(CCC(N)=NO)CC(C)C)C1. The average molecular weight is 269 g/mol. The molecule has 1 aliphatic carbocycles. The van der Waals surface area contributed by atoms with Crippen LogP contribution in [-0.2, 0) is 0 Å². The molecule has 3 N–H and O–H groups in total. The smallest absolute Gasteiger partial charge is 0.140 e. The molecule has 1 rings (SSSR count). The third kappa shape index (κ3) is 5.81. The molecule has 0 aliphatic heterocycles. The number of rotatable bonds is 7. The second-order valence-corrected chi connectivity index (χ2v) is 6.32. The first-order valence-electron chi connectivity index (χ1n) is 7.77. The highest BCUT2D eigenvalue weighted by molar-refractivity contribution is 5.79. The van der Waals surface area contributed by atoms with Gasteiger partial charge in [-0.05, 0) is 24.7 Å². The summed E-state index contributed by atoms with van der Waals surface area (Å²) < 4.78 is 0. The van der Waals surface area contributed by atoms with E-state index < -0.39 is 0 Å². The van der Waals surface area contributed by atoms with Crippen LogP contribution >= 0.6 is 0 Å². The van der Waals surface area contributed by atoms with Crippen molar-refractivity contribution in [2.24, 2.45) is 22.7 Å². The van der Waals surface area contributed by atoms with Crippen LogP contribution in [0.1, 0.15) is 59.3 Å². The van der Waals surface area contributed by atoms with Gasteiger partial charge in [-0.2, -0.15) is 0 Å². The Morgan fingerprint density at radius 2 is 2.16 bits per heavy atom. The number of hydrogen-bond donors (Lipinski definition) is 2. The molecule has 4 nitrogen and oxygen atoms in total. The number of amidine groups is 1. The molecule has 2 atom stereocenters. The molecule has 0 aromatic heterocycles. The average Bonchev–Trinajstić information content (AvgIpc) is 2.42.